The average Bonchev–Trinajstić information content (AvgIpc) is 4.28. The highest BCUT2D eigenvalue weighted by molar-refractivity contribution is 6.23. The van der Waals surface area contributed by atoms with Gasteiger partial charge >= 0.3 is 0 Å². The van der Waals surface area contributed by atoms with Crippen LogP contribution in [0.4, 0.5) is 0 Å². The van der Waals surface area contributed by atoms with E-state index < -0.39 is 0 Å². The highest BCUT2D eigenvalue weighted by Crippen LogP contribution is 2.46. The van der Waals surface area contributed by atoms with Crippen LogP contribution in [0.25, 0.3) is 149 Å². The number of rotatable bonds is 7. The molecule has 3 aromatic heterocycles. The number of hydrogen-bond donors (Lipinski definition) is 0. The van der Waals surface area contributed by atoms with E-state index in [0.29, 0.717) is 0 Å². The zero-order valence-corrected chi connectivity index (χ0v) is 42.9. The second-order valence-electron chi connectivity index (χ2n) is 20.9. The highest BCUT2D eigenvalue weighted by atomic mass is 15.0. The van der Waals surface area contributed by atoms with Crippen molar-refractivity contribution >= 4 is 87.0 Å². The zero-order valence-electron chi connectivity index (χ0n) is 42.9. The Bertz CT molecular complexity index is 5000. The minimum atomic E-state index is 1.14. The Morgan fingerprint density at radius 3 is 0.885 bits per heavy atom. The van der Waals surface area contributed by atoms with Gasteiger partial charge in [0, 0.05) is 49.4 Å². The zero-order chi connectivity index (χ0) is 51.4. The molecule has 0 atom stereocenters. The van der Waals surface area contributed by atoms with Gasteiger partial charge in [0.1, 0.15) is 0 Å². The third kappa shape index (κ3) is 6.78. The summed E-state index contributed by atoms with van der Waals surface area (Å²) in [6.45, 7) is 2.16. The van der Waals surface area contributed by atoms with Crippen molar-refractivity contribution in [2.45, 2.75) is 6.92 Å². The third-order valence-electron chi connectivity index (χ3n) is 16.5. The van der Waals surface area contributed by atoms with Crippen molar-refractivity contribution in [3.8, 4) is 61.6 Å². The van der Waals surface area contributed by atoms with Crippen LogP contribution in [0.3, 0.4) is 0 Å². The molecule has 0 aliphatic heterocycles. The van der Waals surface area contributed by atoms with Crippen LogP contribution in [0.2, 0.25) is 0 Å². The number of para-hydroxylation sites is 3. The first-order valence-electron chi connectivity index (χ1n) is 27.0. The molecule has 16 aromatic rings. The summed E-state index contributed by atoms with van der Waals surface area (Å²) in [5.74, 6) is 0. The first kappa shape index (κ1) is 44.1. The molecule has 0 aliphatic carbocycles. The summed E-state index contributed by atoms with van der Waals surface area (Å²) in [7, 11) is 0. The van der Waals surface area contributed by atoms with Gasteiger partial charge in [0.15, 0.2) is 0 Å². The number of aryl methyl sites for hydroxylation is 1. The first-order chi connectivity index (χ1) is 38.6. The van der Waals surface area contributed by atoms with Crippen LogP contribution >= 0.6 is 0 Å². The van der Waals surface area contributed by atoms with E-state index in [4.69, 9.17) is 0 Å². The number of aromatic nitrogens is 3. The lowest BCUT2D eigenvalue weighted by atomic mass is 9.86. The molecule has 3 heterocycles. The van der Waals surface area contributed by atoms with Gasteiger partial charge < -0.3 is 13.7 Å². The van der Waals surface area contributed by atoms with Crippen molar-refractivity contribution in [3.05, 3.63) is 285 Å². The fraction of sp³-hybridized carbons (Fsp3) is 0.0133. The lowest BCUT2D eigenvalue weighted by Crippen LogP contribution is -1.94. The molecule has 0 amide bonds. The molecule has 0 fully saturated rings. The predicted octanol–water partition coefficient (Wildman–Crippen LogP) is 20.3. The summed E-state index contributed by atoms with van der Waals surface area (Å²) in [5.41, 5.74) is 21.5. The molecule has 364 valence electrons. The number of nitrogens with zero attached hydrogens (tertiary/aromatic N) is 3. The van der Waals surface area contributed by atoms with Gasteiger partial charge in [-0.1, -0.05) is 181 Å². The lowest BCUT2D eigenvalue weighted by molar-refractivity contribution is 1.17. The SMILES string of the molecule is Cc1ccc(-n2c3ccc(-c4ccc5c(c4)c4ccccc4n5-c4ccccc4)cc3c3cc(-c4ccc5c(c4)c4cc(-c6c7ccccc7c(-c7ccccc7)c7ccccc67)ccc4n5-c4ccccc4)ccc32)cc1. The highest BCUT2D eigenvalue weighted by Gasteiger charge is 2.21. The molecule has 0 spiro atoms. The maximum absolute atomic E-state index is 2.45. The Labute approximate surface area is 451 Å². The van der Waals surface area contributed by atoms with Crippen molar-refractivity contribution in [2.24, 2.45) is 0 Å². The van der Waals surface area contributed by atoms with E-state index in [9.17, 15) is 0 Å². The molecule has 0 N–H and O–H groups in total. The standard InChI is InChI=1S/C75H49N3/c1-48-29-36-57(37-30-48)78-71-40-33-51(50-31-38-69-63(43-50)58-23-15-16-28-68(58)76(69)55-19-7-3-8-20-55)44-64(71)65-45-52(34-41-72(65)78)53-32-39-70-66(46-53)67-47-54(35-42-73(67)77(70)56-21-9-4-10-22-56)75-61-26-13-11-24-59(61)74(49-17-5-2-6-18-49)60-25-12-14-27-62(60)75/h2-47H,1H3. The Hall–Kier alpha value is -10.2. The van der Waals surface area contributed by atoms with Crippen LogP contribution in [0.15, 0.2) is 279 Å². The molecular formula is C75H49N3. The number of fused-ring (bicyclic) bond motifs is 11. The molecule has 0 radical (unpaired) electrons. The molecule has 0 unspecified atom stereocenters. The summed E-state index contributed by atoms with van der Waals surface area (Å²) < 4.78 is 7.26. The van der Waals surface area contributed by atoms with Crippen LogP contribution in [-0.4, -0.2) is 13.7 Å². The van der Waals surface area contributed by atoms with Gasteiger partial charge in [0.05, 0.1) is 33.1 Å². The molecule has 0 saturated heterocycles. The second kappa shape index (κ2) is 17.4. The minimum absolute atomic E-state index is 1.14. The van der Waals surface area contributed by atoms with E-state index in [1.54, 1.807) is 0 Å². The fourth-order valence-electron chi connectivity index (χ4n) is 12.9. The van der Waals surface area contributed by atoms with Gasteiger partial charge in [-0.15, -0.1) is 0 Å². The summed E-state index contributed by atoms with van der Waals surface area (Å²) in [6.07, 6.45) is 0. The van der Waals surface area contributed by atoms with Crippen LogP contribution in [0.5, 0.6) is 0 Å². The molecule has 3 nitrogen and oxygen atoms in total. The normalized spacial score (nSPS) is 11.9. The summed E-state index contributed by atoms with van der Waals surface area (Å²) in [5, 5.41) is 12.4. The van der Waals surface area contributed by atoms with Crippen molar-refractivity contribution in [1.29, 1.82) is 0 Å². The van der Waals surface area contributed by atoms with Crippen LogP contribution in [0, 0.1) is 6.92 Å². The summed E-state index contributed by atoms with van der Waals surface area (Å²) in [6, 6.07) is 103. The van der Waals surface area contributed by atoms with Gasteiger partial charge in [-0.2, -0.15) is 0 Å². The second-order valence-corrected chi connectivity index (χ2v) is 20.9. The number of benzene rings is 13. The van der Waals surface area contributed by atoms with Gasteiger partial charge in [0.25, 0.3) is 0 Å². The van der Waals surface area contributed by atoms with Crippen molar-refractivity contribution < 1.29 is 0 Å². The minimum Gasteiger partial charge on any atom is -0.309 e. The van der Waals surface area contributed by atoms with E-state index in [-0.39, 0.29) is 0 Å². The van der Waals surface area contributed by atoms with Crippen molar-refractivity contribution in [2.75, 3.05) is 0 Å². The van der Waals surface area contributed by atoms with E-state index in [2.05, 4.69) is 300 Å². The van der Waals surface area contributed by atoms with Crippen LogP contribution < -0.4 is 0 Å². The average molecular weight is 992 g/mol. The largest absolute Gasteiger partial charge is 0.309 e. The fourth-order valence-corrected chi connectivity index (χ4v) is 12.9. The molecule has 3 heteroatoms. The molecule has 0 bridgehead atoms. The molecule has 13 aromatic carbocycles. The first-order valence-corrected chi connectivity index (χ1v) is 27.0. The van der Waals surface area contributed by atoms with E-state index in [0.717, 1.165) is 17.1 Å². The van der Waals surface area contributed by atoms with Gasteiger partial charge in [-0.3, -0.25) is 0 Å². The summed E-state index contributed by atoms with van der Waals surface area (Å²) >= 11 is 0. The van der Waals surface area contributed by atoms with E-state index >= 15 is 0 Å². The monoisotopic (exact) mass is 991 g/mol. The van der Waals surface area contributed by atoms with Crippen molar-refractivity contribution in [1.82, 2.24) is 13.7 Å². The molecule has 78 heavy (non-hydrogen) atoms. The number of hydrogen-bond acceptors (Lipinski definition) is 0. The Kier molecular flexibility index (Phi) is 9.85. The predicted molar refractivity (Wildman–Crippen MR) is 331 cm³/mol. The third-order valence-corrected chi connectivity index (χ3v) is 16.5. The summed E-state index contributed by atoms with van der Waals surface area (Å²) in [4.78, 5) is 0. The van der Waals surface area contributed by atoms with Gasteiger partial charge in [-0.25, -0.2) is 0 Å². The maximum atomic E-state index is 2.45. The van der Waals surface area contributed by atoms with Crippen LogP contribution in [-0.2, 0) is 0 Å². The smallest absolute Gasteiger partial charge is 0.0541 e. The maximum Gasteiger partial charge on any atom is 0.0541 e. The van der Waals surface area contributed by atoms with E-state index in [1.807, 2.05) is 0 Å². The topological polar surface area (TPSA) is 14.8 Å². The Morgan fingerprint density at radius 2 is 0.474 bits per heavy atom. The quantitative estimate of drug-likeness (QED) is 0.141. The molecular weight excluding hydrogens is 943 g/mol. The van der Waals surface area contributed by atoms with E-state index in [1.165, 1.54) is 137 Å². The molecule has 0 aliphatic rings. The van der Waals surface area contributed by atoms with Gasteiger partial charge in [-0.05, 0) is 176 Å². The molecule has 16 rings (SSSR count). The Balaban J connectivity index is 0.893. The van der Waals surface area contributed by atoms with Crippen molar-refractivity contribution in [3.63, 3.8) is 0 Å². The Morgan fingerprint density at radius 1 is 0.192 bits per heavy atom. The van der Waals surface area contributed by atoms with Crippen LogP contribution in [0.1, 0.15) is 5.56 Å². The molecule has 0 saturated carbocycles. The lowest BCUT2D eigenvalue weighted by Gasteiger charge is -2.18. The van der Waals surface area contributed by atoms with Gasteiger partial charge in [0.2, 0.25) is 0 Å².